The SMILES string of the molecule is CC(=O)NC1C(OCCCCCCN)OC(Cn2cc(-c3ccc(C#N)cc3)nn2)C(O)C1O. The van der Waals surface area contributed by atoms with Crippen LogP contribution in [0.5, 0.6) is 0 Å². The Hall–Kier alpha value is -2.88. The maximum atomic E-state index is 11.6. The smallest absolute Gasteiger partial charge is 0.217 e. The zero-order valence-corrected chi connectivity index (χ0v) is 19.2. The number of hydrogen-bond acceptors (Lipinski definition) is 9. The monoisotopic (exact) mass is 472 g/mol. The fourth-order valence-electron chi connectivity index (χ4n) is 3.83. The van der Waals surface area contributed by atoms with Crippen LogP contribution in [0.15, 0.2) is 30.5 Å². The molecule has 0 radical (unpaired) electrons. The van der Waals surface area contributed by atoms with E-state index in [2.05, 4.69) is 21.7 Å². The largest absolute Gasteiger partial charge is 0.388 e. The number of nitrogens with two attached hydrogens (primary N) is 1. The number of hydrogen-bond donors (Lipinski definition) is 4. The van der Waals surface area contributed by atoms with E-state index in [-0.39, 0.29) is 12.5 Å². The summed E-state index contributed by atoms with van der Waals surface area (Å²) in [6.07, 6.45) is 1.04. The van der Waals surface area contributed by atoms with Gasteiger partial charge in [0.15, 0.2) is 6.29 Å². The number of nitrogens with one attached hydrogen (secondary N) is 1. The summed E-state index contributed by atoms with van der Waals surface area (Å²) in [7, 11) is 0. The topological polar surface area (TPSA) is 169 Å². The van der Waals surface area contributed by atoms with Crippen LogP contribution < -0.4 is 11.1 Å². The van der Waals surface area contributed by atoms with Gasteiger partial charge in [-0.2, -0.15) is 5.26 Å². The van der Waals surface area contributed by atoms with Gasteiger partial charge in [-0.3, -0.25) is 4.79 Å². The van der Waals surface area contributed by atoms with Gasteiger partial charge in [0.1, 0.15) is 30.0 Å². The molecule has 0 aliphatic carbocycles. The fraction of sp³-hybridized carbons (Fsp3) is 0.565. The first-order valence-corrected chi connectivity index (χ1v) is 11.4. The quantitative estimate of drug-likeness (QED) is 0.336. The Morgan fingerprint density at radius 1 is 1.24 bits per heavy atom. The number of rotatable bonds is 11. The minimum Gasteiger partial charge on any atom is -0.388 e. The number of aliphatic hydroxyl groups is 2. The number of carbonyl (C=O) groups is 1. The van der Waals surface area contributed by atoms with Crippen LogP contribution in [0.1, 0.15) is 38.2 Å². The summed E-state index contributed by atoms with van der Waals surface area (Å²) in [5.41, 5.74) is 7.44. The predicted octanol–water partition coefficient (Wildman–Crippen LogP) is 0.304. The average molecular weight is 473 g/mol. The molecule has 5 atom stereocenters. The Bertz CT molecular complexity index is 960. The highest BCUT2D eigenvalue weighted by Gasteiger charge is 2.45. The molecule has 2 heterocycles. The van der Waals surface area contributed by atoms with E-state index in [0.29, 0.717) is 24.4 Å². The molecule has 1 aliphatic rings. The van der Waals surface area contributed by atoms with E-state index in [0.717, 1.165) is 31.2 Å². The van der Waals surface area contributed by atoms with E-state index in [1.807, 2.05) is 0 Å². The maximum Gasteiger partial charge on any atom is 0.217 e. The lowest BCUT2D eigenvalue weighted by molar-refractivity contribution is -0.267. The van der Waals surface area contributed by atoms with Crippen LogP contribution in [0.4, 0.5) is 0 Å². The number of carbonyl (C=O) groups excluding carboxylic acids is 1. The molecular formula is C23H32N6O5. The van der Waals surface area contributed by atoms with Gasteiger partial charge in [0, 0.05) is 19.1 Å². The minimum absolute atomic E-state index is 0.116. The number of aromatic nitrogens is 3. The van der Waals surface area contributed by atoms with E-state index in [1.54, 1.807) is 30.5 Å². The van der Waals surface area contributed by atoms with Crippen molar-refractivity contribution in [2.24, 2.45) is 5.73 Å². The second-order valence-electron chi connectivity index (χ2n) is 8.34. The van der Waals surface area contributed by atoms with Gasteiger partial charge in [0.05, 0.1) is 24.4 Å². The molecule has 1 fully saturated rings. The molecule has 1 aromatic carbocycles. The lowest BCUT2D eigenvalue weighted by Gasteiger charge is -2.42. The molecule has 1 saturated heterocycles. The Labute approximate surface area is 198 Å². The first-order valence-electron chi connectivity index (χ1n) is 11.4. The van der Waals surface area contributed by atoms with Crippen molar-refractivity contribution >= 4 is 5.91 Å². The van der Waals surface area contributed by atoms with Crippen molar-refractivity contribution in [3.8, 4) is 17.3 Å². The highest BCUT2D eigenvalue weighted by atomic mass is 16.7. The van der Waals surface area contributed by atoms with Crippen LogP contribution in [0.25, 0.3) is 11.3 Å². The zero-order valence-electron chi connectivity index (χ0n) is 19.2. The normalized spacial score (nSPS) is 24.5. The predicted molar refractivity (Wildman–Crippen MR) is 122 cm³/mol. The first-order chi connectivity index (χ1) is 16.4. The summed E-state index contributed by atoms with van der Waals surface area (Å²) in [6, 6.07) is 8.10. The van der Waals surface area contributed by atoms with Crippen LogP contribution >= 0.6 is 0 Å². The van der Waals surface area contributed by atoms with E-state index in [4.69, 9.17) is 20.5 Å². The van der Waals surface area contributed by atoms with Gasteiger partial charge in [-0.05, 0) is 31.5 Å². The van der Waals surface area contributed by atoms with E-state index < -0.39 is 30.6 Å². The molecular weight excluding hydrogens is 440 g/mol. The first kappa shape index (κ1) is 25.7. The van der Waals surface area contributed by atoms with Gasteiger partial charge in [-0.1, -0.05) is 30.2 Å². The van der Waals surface area contributed by atoms with Gasteiger partial charge >= 0.3 is 0 Å². The van der Waals surface area contributed by atoms with E-state index in [1.165, 1.54) is 11.6 Å². The van der Waals surface area contributed by atoms with Gasteiger partial charge in [-0.25, -0.2) is 4.68 Å². The highest BCUT2D eigenvalue weighted by molar-refractivity contribution is 5.73. The summed E-state index contributed by atoms with van der Waals surface area (Å²) < 4.78 is 13.3. The van der Waals surface area contributed by atoms with E-state index in [9.17, 15) is 15.0 Å². The molecule has 0 bridgehead atoms. The van der Waals surface area contributed by atoms with Crippen molar-refractivity contribution in [2.45, 2.75) is 69.8 Å². The second kappa shape index (κ2) is 12.5. The number of benzene rings is 1. The number of unbranched alkanes of at least 4 members (excludes halogenated alkanes) is 3. The van der Waals surface area contributed by atoms with Gasteiger partial charge in [-0.15, -0.1) is 5.10 Å². The summed E-state index contributed by atoms with van der Waals surface area (Å²) in [6.45, 7) is 2.48. The highest BCUT2D eigenvalue weighted by Crippen LogP contribution is 2.24. The van der Waals surface area contributed by atoms with Crippen molar-refractivity contribution in [2.75, 3.05) is 13.2 Å². The van der Waals surface area contributed by atoms with Gasteiger partial charge in [0.2, 0.25) is 5.91 Å². The van der Waals surface area contributed by atoms with Crippen molar-refractivity contribution < 1.29 is 24.5 Å². The van der Waals surface area contributed by atoms with Gasteiger partial charge in [0.25, 0.3) is 0 Å². The summed E-state index contributed by atoms with van der Waals surface area (Å²) in [5.74, 6) is -0.363. The average Bonchev–Trinajstić information content (AvgIpc) is 3.30. The Kier molecular flexibility index (Phi) is 9.50. The zero-order chi connectivity index (χ0) is 24.5. The molecule has 184 valence electrons. The third-order valence-corrected chi connectivity index (χ3v) is 5.67. The standard InChI is InChI=1S/C23H32N6O5/c1-15(30)26-20-22(32)21(31)19(34-23(20)33-11-5-3-2-4-10-24)14-29-13-18(27-28-29)17-8-6-16(12-25)7-9-17/h6-9,13,19-23,31-32H,2-5,10-11,14,24H2,1H3,(H,26,30). The molecule has 0 spiro atoms. The Balaban J connectivity index is 1.65. The minimum atomic E-state index is -1.29. The van der Waals surface area contributed by atoms with Crippen molar-refractivity contribution in [1.82, 2.24) is 20.3 Å². The van der Waals surface area contributed by atoms with Crippen molar-refractivity contribution in [3.05, 3.63) is 36.0 Å². The lowest BCUT2D eigenvalue weighted by atomic mass is 9.96. The van der Waals surface area contributed by atoms with Gasteiger partial charge < -0.3 is 30.7 Å². The Morgan fingerprint density at radius 2 is 1.97 bits per heavy atom. The summed E-state index contributed by atoms with van der Waals surface area (Å²) in [4.78, 5) is 11.6. The third kappa shape index (κ3) is 6.82. The molecule has 34 heavy (non-hydrogen) atoms. The summed E-state index contributed by atoms with van der Waals surface area (Å²) in [5, 5.41) is 41.2. The molecule has 0 saturated carbocycles. The van der Waals surface area contributed by atoms with Crippen molar-refractivity contribution in [3.63, 3.8) is 0 Å². The number of nitrogens with zero attached hydrogens (tertiary/aromatic N) is 4. The maximum absolute atomic E-state index is 11.6. The third-order valence-electron chi connectivity index (χ3n) is 5.67. The second-order valence-corrected chi connectivity index (χ2v) is 8.34. The van der Waals surface area contributed by atoms with Crippen LogP contribution in [0.2, 0.25) is 0 Å². The van der Waals surface area contributed by atoms with Crippen LogP contribution in [-0.2, 0) is 20.8 Å². The lowest BCUT2D eigenvalue weighted by Crippen LogP contribution is -2.64. The number of nitriles is 1. The summed E-state index contributed by atoms with van der Waals surface area (Å²) >= 11 is 0. The number of aliphatic hydroxyl groups excluding tert-OH is 2. The van der Waals surface area contributed by atoms with Crippen LogP contribution in [0.3, 0.4) is 0 Å². The van der Waals surface area contributed by atoms with Crippen molar-refractivity contribution in [1.29, 1.82) is 5.26 Å². The molecule has 5 N–H and O–H groups in total. The molecule has 1 aromatic heterocycles. The number of amides is 1. The fourth-order valence-corrected chi connectivity index (χ4v) is 3.83. The van der Waals surface area contributed by atoms with Crippen LogP contribution in [-0.4, -0.2) is 74.9 Å². The number of ether oxygens (including phenoxy) is 2. The molecule has 1 amide bonds. The molecule has 2 aromatic rings. The molecule has 11 nitrogen and oxygen atoms in total. The molecule has 3 rings (SSSR count). The molecule has 1 aliphatic heterocycles. The van der Waals surface area contributed by atoms with E-state index >= 15 is 0 Å². The Morgan fingerprint density at radius 3 is 2.65 bits per heavy atom. The molecule has 5 unspecified atom stereocenters. The van der Waals surface area contributed by atoms with Crippen LogP contribution in [0, 0.1) is 11.3 Å². The molecule has 11 heteroatoms.